The lowest BCUT2D eigenvalue weighted by Crippen LogP contribution is -2.55. The Kier molecular flexibility index (Phi) is 4.78. The molecule has 0 spiro atoms. The zero-order valence-corrected chi connectivity index (χ0v) is 16.6. The van der Waals surface area contributed by atoms with Crippen molar-refractivity contribution in [3.05, 3.63) is 28.8 Å². The van der Waals surface area contributed by atoms with E-state index in [0.717, 1.165) is 4.90 Å². The van der Waals surface area contributed by atoms with E-state index in [1.165, 1.54) is 12.2 Å². The van der Waals surface area contributed by atoms with Gasteiger partial charge in [0.15, 0.2) is 6.23 Å². The second-order valence-electron chi connectivity index (χ2n) is 7.65. The number of esters is 1. The molecule has 0 unspecified atom stereocenters. The molecule has 8 nitrogen and oxygen atoms in total. The number of carbonyl (C=O) groups is 2. The van der Waals surface area contributed by atoms with Crippen LogP contribution in [0.3, 0.4) is 0 Å². The summed E-state index contributed by atoms with van der Waals surface area (Å²) in [6.07, 6.45) is -2.06. The number of rotatable bonds is 1. The number of methoxy groups -OCH3 is 1. The predicted molar refractivity (Wildman–Crippen MR) is 97.1 cm³/mol. The summed E-state index contributed by atoms with van der Waals surface area (Å²) in [4.78, 5) is 32.1. The summed E-state index contributed by atoms with van der Waals surface area (Å²) in [7, 11) is 2.84. The summed E-state index contributed by atoms with van der Waals surface area (Å²) in [6.45, 7) is 5.13. The second kappa shape index (κ2) is 6.54. The first-order chi connectivity index (χ1) is 12.5. The van der Waals surface area contributed by atoms with Gasteiger partial charge in [0.25, 0.3) is 0 Å². The highest BCUT2D eigenvalue weighted by Crippen LogP contribution is 2.51. The van der Waals surface area contributed by atoms with Gasteiger partial charge in [0.1, 0.15) is 17.2 Å². The number of aliphatic hydroxyl groups is 1. The molecule has 0 radical (unpaired) electrons. The maximum absolute atomic E-state index is 12.8. The van der Waals surface area contributed by atoms with Gasteiger partial charge in [-0.05, 0) is 26.8 Å². The fraction of sp³-hybridized carbons (Fsp3) is 0.556. The summed E-state index contributed by atoms with van der Waals surface area (Å²) < 4.78 is 10.3. The molecule has 148 valence electrons. The van der Waals surface area contributed by atoms with Crippen molar-refractivity contribution in [1.29, 1.82) is 0 Å². The average Bonchev–Trinajstić information content (AvgIpc) is 2.87. The first-order valence-corrected chi connectivity index (χ1v) is 8.88. The fourth-order valence-corrected chi connectivity index (χ4v) is 3.82. The number of nitrogens with zero attached hydrogens (tertiary/aromatic N) is 2. The molecule has 27 heavy (non-hydrogen) atoms. The maximum atomic E-state index is 12.8. The number of ether oxygens (including phenoxy) is 2. The molecule has 9 heteroatoms. The van der Waals surface area contributed by atoms with Gasteiger partial charge in [-0.1, -0.05) is 23.7 Å². The van der Waals surface area contributed by atoms with Gasteiger partial charge in [-0.3, -0.25) is 9.96 Å². The molecule has 1 saturated heterocycles. The maximum Gasteiger partial charge on any atom is 0.413 e. The minimum absolute atomic E-state index is 0.106. The Morgan fingerprint density at radius 3 is 2.63 bits per heavy atom. The van der Waals surface area contributed by atoms with Gasteiger partial charge >= 0.3 is 12.1 Å². The Balaban J connectivity index is 2.10. The summed E-state index contributed by atoms with van der Waals surface area (Å²) in [5.74, 6) is -0.668. The molecule has 1 aromatic carbocycles. The molecule has 1 aromatic rings. The third kappa shape index (κ3) is 3.22. The number of fused-ring (bicyclic) bond motifs is 3. The van der Waals surface area contributed by atoms with Crippen molar-refractivity contribution in [1.82, 2.24) is 4.90 Å². The van der Waals surface area contributed by atoms with Crippen LogP contribution in [0.15, 0.2) is 18.2 Å². The van der Waals surface area contributed by atoms with Crippen molar-refractivity contribution in [3.8, 4) is 0 Å². The summed E-state index contributed by atoms with van der Waals surface area (Å²) >= 11 is 6.27. The molecular formula is C18H23ClN2O6. The number of hydroxylamine groups is 1. The van der Waals surface area contributed by atoms with E-state index in [-0.39, 0.29) is 6.42 Å². The lowest BCUT2D eigenvalue weighted by atomic mass is 9.87. The van der Waals surface area contributed by atoms with Crippen molar-refractivity contribution in [2.75, 3.05) is 19.2 Å². The summed E-state index contributed by atoms with van der Waals surface area (Å²) in [5.41, 5.74) is -1.50. The minimum Gasteiger partial charge on any atom is -0.467 e. The Labute approximate surface area is 162 Å². The van der Waals surface area contributed by atoms with Crippen molar-refractivity contribution in [2.45, 2.75) is 50.7 Å². The lowest BCUT2D eigenvalue weighted by Gasteiger charge is -2.43. The molecule has 0 aliphatic carbocycles. The molecule has 1 fully saturated rings. The van der Waals surface area contributed by atoms with Crippen LogP contribution in [0.4, 0.5) is 10.5 Å². The smallest absolute Gasteiger partial charge is 0.413 e. The van der Waals surface area contributed by atoms with Crippen molar-refractivity contribution in [2.24, 2.45) is 0 Å². The molecule has 1 N–H and O–H groups in total. The molecule has 0 aromatic heterocycles. The Hall–Kier alpha value is -2.03. The number of para-hydroxylation sites is 1. The quantitative estimate of drug-likeness (QED) is 0.726. The van der Waals surface area contributed by atoms with Crippen LogP contribution in [-0.4, -0.2) is 54.1 Å². The van der Waals surface area contributed by atoms with Gasteiger partial charge in [0, 0.05) is 19.0 Å². The number of carbonyl (C=O) groups excluding carboxylic acids is 2. The highest BCUT2D eigenvalue weighted by atomic mass is 35.5. The van der Waals surface area contributed by atoms with Crippen LogP contribution < -0.4 is 5.06 Å². The molecule has 2 aliphatic heterocycles. The third-order valence-electron chi connectivity index (χ3n) is 4.61. The van der Waals surface area contributed by atoms with Crippen LogP contribution in [0.5, 0.6) is 0 Å². The molecule has 0 saturated carbocycles. The van der Waals surface area contributed by atoms with E-state index < -0.39 is 35.5 Å². The number of halogens is 1. The zero-order chi connectivity index (χ0) is 20.1. The Morgan fingerprint density at radius 1 is 1.37 bits per heavy atom. The average molecular weight is 399 g/mol. The zero-order valence-electron chi connectivity index (χ0n) is 15.9. The van der Waals surface area contributed by atoms with Gasteiger partial charge < -0.3 is 14.6 Å². The van der Waals surface area contributed by atoms with Crippen molar-refractivity contribution < 1.29 is 29.0 Å². The van der Waals surface area contributed by atoms with E-state index in [2.05, 4.69) is 0 Å². The van der Waals surface area contributed by atoms with Crippen molar-refractivity contribution >= 4 is 29.4 Å². The van der Waals surface area contributed by atoms with E-state index >= 15 is 0 Å². The number of hydrogen-bond donors (Lipinski definition) is 1. The van der Waals surface area contributed by atoms with Crippen LogP contribution >= 0.6 is 11.6 Å². The van der Waals surface area contributed by atoms with Crippen LogP contribution in [0.1, 0.15) is 32.8 Å². The van der Waals surface area contributed by atoms with Crippen LogP contribution in [-0.2, 0) is 24.7 Å². The first-order valence-electron chi connectivity index (χ1n) is 8.50. The molecule has 3 rings (SSSR count). The summed E-state index contributed by atoms with van der Waals surface area (Å²) in [6, 6.07) is 3.99. The van der Waals surface area contributed by atoms with Gasteiger partial charge in [-0.15, -0.1) is 0 Å². The monoisotopic (exact) mass is 398 g/mol. The third-order valence-corrected chi connectivity index (χ3v) is 4.91. The SMILES string of the molecule is COC(=O)[C@@H]1C[C@@]2(O)c3cccc(Cl)c3N(C)O[C@H]2N1C(=O)OC(C)(C)C. The van der Waals surface area contributed by atoms with Gasteiger partial charge in [0.05, 0.1) is 17.8 Å². The number of anilines is 1. The number of likely N-dealkylation sites (tertiary alicyclic amines) is 1. The van der Waals surface area contributed by atoms with E-state index in [4.69, 9.17) is 25.9 Å². The lowest BCUT2D eigenvalue weighted by molar-refractivity contribution is -0.164. The van der Waals surface area contributed by atoms with Crippen LogP contribution in [0.25, 0.3) is 0 Å². The topological polar surface area (TPSA) is 88.5 Å². The van der Waals surface area contributed by atoms with Gasteiger partial charge in [-0.25, -0.2) is 14.4 Å². The van der Waals surface area contributed by atoms with Gasteiger partial charge in [-0.2, -0.15) is 0 Å². The standard InChI is InChI=1S/C18H23ClN2O6/c1-17(2,3)26-16(23)21-12(14(22)25-5)9-18(24)10-7-6-8-11(19)13(10)20(4)27-15(18)21/h6-8,12,15,24H,9H2,1-5H3/t12-,15+,18+/m0/s1. The van der Waals surface area contributed by atoms with E-state index in [1.807, 2.05) is 0 Å². The number of hydrogen-bond acceptors (Lipinski definition) is 7. The first kappa shape index (κ1) is 19.7. The van der Waals surface area contributed by atoms with Gasteiger partial charge in [0.2, 0.25) is 0 Å². The molecule has 2 aliphatic rings. The van der Waals surface area contributed by atoms with Crippen LogP contribution in [0.2, 0.25) is 5.02 Å². The number of amides is 1. The fourth-order valence-electron chi connectivity index (χ4n) is 3.53. The molecule has 3 atom stereocenters. The molecule has 2 heterocycles. The normalized spacial score (nSPS) is 27.1. The van der Waals surface area contributed by atoms with Crippen LogP contribution in [0, 0.1) is 0 Å². The predicted octanol–water partition coefficient (Wildman–Crippen LogP) is 2.42. The van der Waals surface area contributed by atoms with Crippen molar-refractivity contribution in [3.63, 3.8) is 0 Å². The molecule has 0 bridgehead atoms. The van der Waals surface area contributed by atoms with E-state index in [9.17, 15) is 14.7 Å². The largest absolute Gasteiger partial charge is 0.467 e. The number of benzene rings is 1. The van der Waals surface area contributed by atoms with E-state index in [1.54, 1.807) is 46.0 Å². The second-order valence-corrected chi connectivity index (χ2v) is 8.05. The Morgan fingerprint density at radius 2 is 2.04 bits per heavy atom. The minimum atomic E-state index is -1.65. The molecular weight excluding hydrogens is 376 g/mol. The molecule has 1 amide bonds. The Bertz CT molecular complexity index is 780. The summed E-state index contributed by atoms with van der Waals surface area (Å²) in [5, 5.41) is 13.2. The van der Waals surface area contributed by atoms with E-state index in [0.29, 0.717) is 16.3 Å². The highest BCUT2D eigenvalue weighted by Gasteiger charge is 2.62. The highest BCUT2D eigenvalue weighted by molar-refractivity contribution is 6.33.